The summed E-state index contributed by atoms with van der Waals surface area (Å²) >= 11 is 0. The van der Waals surface area contributed by atoms with Crippen LogP contribution in [0.5, 0.6) is 0 Å². The summed E-state index contributed by atoms with van der Waals surface area (Å²) in [6.07, 6.45) is -0.00185. The van der Waals surface area contributed by atoms with Crippen molar-refractivity contribution in [3.8, 4) is 0 Å². The molecule has 0 radical (unpaired) electrons. The van der Waals surface area contributed by atoms with Crippen molar-refractivity contribution in [2.24, 2.45) is 0 Å². The lowest BCUT2D eigenvalue weighted by Crippen LogP contribution is -2.04. The first-order valence-electron chi connectivity index (χ1n) is 5.59. The van der Waals surface area contributed by atoms with Gasteiger partial charge in [0.05, 0.1) is 0 Å². The molecule has 2 rings (SSSR count). The van der Waals surface area contributed by atoms with Crippen molar-refractivity contribution in [3.63, 3.8) is 0 Å². The standard InChI is InChI=1S/C15H12F2O/c1-10-3-2-4-12(5-10)15(18)8-11-6-13(16)9-14(17)7-11/h2-7,9H,8H2,1H3. The predicted molar refractivity (Wildman–Crippen MR) is 65.6 cm³/mol. The second kappa shape index (κ2) is 5.08. The van der Waals surface area contributed by atoms with Crippen molar-refractivity contribution in [2.75, 3.05) is 0 Å². The molecule has 0 heterocycles. The van der Waals surface area contributed by atoms with Gasteiger partial charge >= 0.3 is 0 Å². The number of ketones is 1. The first-order chi connectivity index (χ1) is 8.54. The lowest BCUT2D eigenvalue weighted by molar-refractivity contribution is 0.0993. The second-order valence-corrected chi connectivity index (χ2v) is 4.25. The van der Waals surface area contributed by atoms with E-state index < -0.39 is 11.6 Å². The van der Waals surface area contributed by atoms with Crippen molar-refractivity contribution in [2.45, 2.75) is 13.3 Å². The zero-order valence-corrected chi connectivity index (χ0v) is 9.91. The molecule has 0 unspecified atom stereocenters. The van der Waals surface area contributed by atoms with Crippen molar-refractivity contribution in [1.82, 2.24) is 0 Å². The van der Waals surface area contributed by atoms with Gasteiger partial charge in [0, 0.05) is 18.1 Å². The molecule has 0 bridgehead atoms. The van der Waals surface area contributed by atoms with E-state index in [1.165, 1.54) is 12.1 Å². The van der Waals surface area contributed by atoms with Gasteiger partial charge in [-0.3, -0.25) is 4.79 Å². The molecule has 0 saturated heterocycles. The monoisotopic (exact) mass is 246 g/mol. The van der Waals surface area contributed by atoms with Crippen LogP contribution in [0.4, 0.5) is 8.78 Å². The van der Waals surface area contributed by atoms with E-state index >= 15 is 0 Å². The maximum Gasteiger partial charge on any atom is 0.167 e. The minimum absolute atomic E-state index is 0.00185. The van der Waals surface area contributed by atoms with Crippen molar-refractivity contribution < 1.29 is 13.6 Å². The third kappa shape index (κ3) is 3.00. The molecule has 0 spiro atoms. The summed E-state index contributed by atoms with van der Waals surface area (Å²) in [5.41, 5.74) is 1.88. The third-order valence-electron chi connectivity index (χ3n) is 2.63. The number of Topliss-reactive ketones (excluding diaryl/α,β-unsaturated/α-hetero) is 1. The molecule has 0 amide bonds. The molecule has 2 aromatic carbocycles. The van der Waals surface area contributed by atoms with E-state index in [4.69, 9.17) is 0 Å². The molecule has 0 aliphatic carbocycles. The Hall–Kier alpha value is -2.03. The number of benzene rings is 2. The fourth-order valence-electron chi connectivity index (χ4n) is 1.82. The molecular weight excluding hydrogens is 234 g/mol. The predicted octanol–water partition coefficient (Wildman–Crippen LogP) is 3.70. The smallest absolute Gasteiger partial charge is 0.167 e. The average Bonchev–Trinajstić information content (AvgIpc) is 2.27. The maximum atomic E-state index is 13.0. The Morgan fingerprint density at radius 2 is 1.72 bits per heavy atom. The van der Waals surface area contributed by atoms with Crippen LogP contribution in [0.25, 0.3) is 0 Å². The number of hydrogen-bond donors (Lipinski definition) is 0. The summed E-state index contributed by atoms with van der Waals surface area (Å²) in [4.78, 5) is 11.9. The maximum absolute atomic E-state index is 13.0. The van der Waals surface area contributed by atoms with Crippen LogP contribution in [-0.4, -0.2) is 5.78 Å². The summed E-state index contributed by atoms with van der Waals surface area (Å²) in [6.45, 7) is 1.89. The van der Waals surface area contributed by atoms with Crippen LogP contribution >= 0.6 is 0 Å². The Morgan fingerprint density at radius 1 is 1.06 bits per heavy atom. The lowest BCUT2D eigenvalue weighted by Gasteiger charge is -2.03. The van der Waals surface area contributed by atoms with E-state index in [0.29, 0.717) is 11.1 Å². The number of carbonyl (C=O) groups is 1. The fraction of sp³-hybridized carbons (Fsp3) is 0.133. The first-order valence-corrected chi connectivity index (χ1v) is 5.59. The number of rotatable bonds is 3. The Labute approximate surface area is 104 Å². The van der Waals surface area contributed by atoms with Gasteiger partial charge in [-0.15, -0.1) is 0 Å². The fourth-order valence-corrected chi connectivity index (χ4v) is 1.82. The Bertz CT molecular complexity index is 571. The number of halogens is 2. The summed E-state index contributed by atoms with van der Waals surface area (Å²) in [5.74, 6) is -1.48. The second-order valence-electron chi connectivity index (χ2n) is 4.25. The van der Waals surface area contributed by atoms with Crippen LogP contribution in [0.2, 0.25) is 0 Å². The zero-order chi connectivity index (χ0) is 13.1. The van der Waals surface area contributed by atoms with Gasteiger partial charge in [0.25, 0.3) is 0 Å². The highest BCUT2D eigenvalue weighted by molar-refractivity contribution is 5.97. The molecule has 0 fully saturated rings. The van der Waals surface area contributed by atoms with Crippen LogP contribution in [0.15, 0.2) is 42.5 Å². The molecular formula is C15H12F2O. The third-order valence-corrected chi connectivity index (χ3v) is 2.63. The van der Waals surface area contributed by atoms with Crippen LogP contribution in [-0.2, 0) is 6.42 Å². The van der Waals surface area contributed by atoms with Gasteiger partial charge in [-0.1, -0.05) is 23.8 Å². The van der Waals surface area contributed by atoms with Gasteiger partial charge in [-0.2, -0.15) is 0 Å². The highest BCUT2D eigenvalue weighted by Crippen LogP contribution is 2.12. The van der Waals surface area contributed by atoms with Gasteiger partial charge in [0.15, 0.2) is 5.78 Å². The Kier molecular flexibility index (Phi) is 3.51. The van der Waals surface area contributed by atoms with E-state index in [1.807, 2.05) is 13.0 Å². The minimum atomic E-state index is -0.665. The Morgan fingerprint density at radius 3 is 2.33 bits per heavy atom. The number of aryl methyl sites for hydroxylation is 1. The highest BCUT2D eigenvalue weighted by Gasteiger charge is 2.09. The van der Waals surface area contributed by atoms with Crippen LogP contribution in [0, 0.1) is 18.6 Å². The molecule has 0 atom stereocenters. The molecule has 0 saturated carbocycles. The topological polar surface area (TPSA) is 17.1 Å². The molecule has 3 heteroatoms. The van der Waals surface area contributed by atoms with Gasteiger partial charge in [0.1, 0.15) is 11.6 Å². The minimum Gasteiger partial charge on any atom is -0.294 e. The van der Waals surface area contributed by atoms with Crippen molar-refractivity contribution >= 4 is 5.78 Å². The van der Waals surface area contributed by atoms with E-state index in [2.05, 4.69) is 0 Å². The normalized spacial score (nSPS) is 10.4. The molecule has 2 aromatic rings. The number of hydrogen-bond acceptors (Lipinski definition) is 1. The van der Waals surface area contributed by atoms with Crippen LogP contribution in [0.1, 0.15) is 21.5 Å². The lowest BCUT2D eigenvalue weighted by atomic mass is 10.0. The molecule has 0 N–H and O–H groups in total. The number of carbonyl (C=O) groups excluding carboxylic acids is 1. The summed E-state index contributed by atoms with van der Waals surface area (Å²) in [7, 11) is 0. The van der Waals surface area contributed by atoms with E-state index in [9.17, 15) is 13.6 Å². The average molecular weight is 246 g/mol. The van der Waals surface area contributed by atoms with E-state index in [1.54, 1.807) is 18.2 Å². The summed E-state index contributed by atoms with van der Waals surface area (Å²) in [6, 6.07) is 10.3. The van der Waals surface area contributed by atoms with Crippen molar-refractivity contribution in [1.29, 1.82) is 0 Å². The van der Waals surface area contributed by atoms with Gasteiger partial charge < -0.3 is 0 Å². The van der Waals surface area contributed by atoms with Gasteiger partial charge in [-0.05, 0) is 30.7 Å². The Balaban J connectivity index is 2.21. The summed E-state index contributed by atoms with van der Waals surface area (Å²) < 4.78 is 26.0. The molecule has 18 heavy (non-hydrogen) atoms. The van der Waals surface area contributed by atoms with Gasteiger partial charge in [0.2, 0.25) is 0 Å². The largest absolute Gasteiger partial charge is 0.294 e. The van der Waals surface area contributed by atoms with Crippen molar-refractivity contribution in [3.05, 3.63) is 70.8 Å². The SMILES string of the molecule is Cc1cccc(C(=O)Cc2cc(F)cc(F)c2)c1. The molecule has 1 nitrogen and oxygen atoms in total. The van der Waals surface area contributed by atoms with Crippen LogP contribution in [0.3, 0.4) is 0 Å². The van der Waals surface area contributed by atoms with Gasteiger partial charge in [-0.25, -0.2) is 8.78 Å². The molecule has 0 aliphatic heterocycles. The highest BCUT2D eigenvalue weighted by atomic mass is 19.1. The van der Waals surface area contributed by atoms with E-state index in [0.717, 1.165) is 11.6 Å². The van der Waals surface area contributed by atoms with Crippen LogP contribution < -0.4 is 0 Å². The first kappa shape index (κ1) is 12.4. The zero-order valence-electron chi connectivity index (χ0n) is 9.91. The summed E-state index contributed by atoms with van der Waals surface area (Å²) in [5, 5.41) is 0. The molecule has 0 aromatic heterocycles. The molecule has 0 aliphatic rings. The van der Waals surface area contributed by atoms with E-state index in [-0.39, 0.29) is 12.2 Å². The molecule has 92 valence electrons. The quantitative estimate of drug-likeness (QED) is 0.755.